The van der Waals surface area contributed by atoms with Crippen LogP contribution in [0.25, 0.3) is 0 Å². The third-order valence-electron chi connectivity index (χ3n) is 3.75. The fourth-order valence-electron chi connectivity index (χ4n) is 2.37. The van der Waals surface area contributed by atoms with E-state index in [-0.39, 0.29) is 18.4 Å². The molecule has 2 amide bonds. The summed E-state index contributed by atoms with van der Waals surface area (Å²) >= 11 is 5.91. The number of ether oxygens (including phenoxy) is 2. The monoisotopic (exact) mass is 398 g/mol. The quantitative estimate of drug-likeness (QED) is 0.656. The van der Waals surface area contributed by atoms with E-state index in [4.69, 9.17) is 21.1 Å². The largest absolute Gasteiger partial charge is 0.469 e. The van der Waals surface area contributed by atoms with E-state index in [0.717, 1.165) is 0 Å². The van der Waals surface area contributed by atoms with Crippen LogP contribution in [0.2, 0.25) is 5.02 Å². The van der Waals surface area contributed by atoms with E-state index in [9.17, 15) is 14.4 Å². The van der Waals surface area contributed by atoms with Crippen LogP contribution in [0.4, 0.5) is 4.79 Å². The summed E-state index contributed by atoms with van der Waals surface area (Å²) in [5, 5.41) is 5.92. The second kappa shape index (κ2) is 10.8. The Kier molecular flexibility index (Phi) is 9.08. The second-order valence-electron chi connectivity index (χ2n) is 6.71. The molecule has 0 radical (unpaired) electrons. The molecule has 1 aromatic carbocycles. The number of hydrogen-bond acceptors (Lipinski definition) is 5. The van der Waals surface area contributed by atoms with Gasteiger partial charge in [-0.1, -0.05) is 37.6 Å². The molecule has 0 heterocycles. The molecule has 0 saturated heterocycles. The van der Waals surface area contributed by atoms with Gasteiger partial charge in [0.05, 0.1) is 25.7 Å². The Morgan fingerprint density at radius 1 is 1.04 bits per heavy atom. The molecular formula is C19H27ClN2O5. The highest BCUT2D eigenvalue weighted by atomic mass is 35.5. The van der Waals surface area contributed by atoms with Crippen molar-refractivity contribution in [3.05, 3.63) is 34.9 Å². The molecule has 0 spiro atoms. The first-order valence-electron chi connectivity index (χ1n) is 8.73. The molecular weight excluding hydrogens is 372 g/mol. The SMILES string of the molecule is COC(=O)CC(NC(=O)C(NC(=O)OC(C)C)C(C)C)c1ccc(Cl)cc1. The highest BCUT2D eigenvalue weighted by Crippen LogP contribution is 2.20. The van der Waals surface area contributed by atoms with Crippen LogP contribution in [-0.2, 0) is 19.1 Å². The van der Waals surface area contributed by atoms with Crippen LogP contribution in [0.1, 0.15) is 45.7 Å². The molecule has 2 unspecified atom stereocenters. The Morgan fingerprint density at radius 2 is 1.63 bits per heavy atom. The zero-order valence-corrected chi connectivity index (χ0v) is 17.0. The number of amides is 2. The van der Waals surface area contributed by atoms with Crippen molar-refractivity contribution in [2.45, 2.75) is 52.3 Å². The van der Waals surface area contributed by atoms with Crippen LogP contribution in [-0.4, -0.2) is 37.2 Å². The van der Waals surface area contributed by atoms with Crippen molar-refractivity contribution in [2.24, 2.45) is 5.92 Å². The Bertz CT molecular complexity index is 646. The minimum atomic E-state index is -0.816. The van der Waals surface area contributed by atoms with Gasteiger partial charge < -0.3 is 20.1 Å². The standard InChI is InChI=1S/C19H27ClN2O5/c1-11(2)17(22-19(25)27-12(3)4)18(24)21-15(10-16(23)26-5)13-6-8-14(20)9-7-13/h6-9,11-12,15,17H,10H2,1-5H3,(H,21,24)(H,22,25). The molecule has 0 aliphatic rings. The Morgan fingerprint density at radius 3 is 2.11 bits per heavy atom. The molecule has 2 atom stereocenters. The van der Waals surface area contributed by atoms with E-state index < -0.39 is 30.1 Å². The van der Waals surface area contributed by atoms with Gasteiger partial charge in [0.2, 0.25) is 5.91 Å². The van der Waals surface area contributed by atoms with Crippen molar-refractivity contribution >= 4 is 29.6 Å². The number of carbonyl (C=O) groups is 3. The van der Waals surface area contributed by atoms with Gasteiger partial charge in [0.15, 0.2) is 0 Å². The molecule has 0 aliphatic carbocycles. The predicted octanol–water partition coefficient (Wildman–Crippen LogP) is 3.22. The minimum Gasteiger partial charge on any atom is -0.469 e. The zero-order valence-electron chi connectivity index (χ0n) is 16.2. The average Bonchev–Trinajstić information content (AvgIpc) is 2.58. The summed E-state index contributed by atoms with van der Waals surface area (Å²) in [5.74, 6) is -1.08. The number of rotatable bonds is 8. The molecule has 0 bridgehead atoms. The molecule has 2 N–H and O–H groups in total. The third-order valence-corrected chi connectivity index (χ3v) is 4.00. The number of nitrogens with one attached hydrogen (secondary N) is 2. The molecule has 7 nitrogen and oxygen atoms in total. The van der Waals surface area contributed by atoms with Crippen molar-refractivity contribution in [1.29, 1.82) is 0 Å². The molecule has 8 heteroatoms. The van der Waals surface area contributed by atoms with Gasteiger partial charge in [-0.05, 0) is 37.5 Å². The summed E-state index contributed by atoms with van der Waals surface area (Å²) in [6, 6.07) is 5.36. The average molecular weight is 399 g/mol. The van der Waals surface area contributed by atoms with Crippen LogP contribution < -0.4 is 10.6 Å². The first-order valence-corrected chi connectivity index (χ1v) is 9.11. The van der Waals surface area contributed by atoms with Crippen molar-refractivity contribution < 1.29 is 23.9 Å². The molecule has 150 valence electrons. The number of hydrogen-bond donors (Lipinski definition) is 2. The summed E-state index contributed by atoms with van der Waals surface area (Å²) in [6.07, 6.45) is -1.03. The van der Waals surface area contributed by atoms with Crippen molar-refractivity contribution in [1.82, 2.24) is 10.6 Å². The van der Waals surface area contributed by atoms with Crippen LogP contribution in [0.5, 0.6) is 0 Å². The minimum absolute atomic E-state index is 0.0505. The Balaban J connectivity index is 2.95. The van der Waals surface area contributed by atoms with Gasteiger partial charge in [-0.3, -0.25) is 9.59 Å². The molecule has 0 fully saturated rings. The normalized spacial score (nSPS) is 13.0. The lowest BCUT2D eigenvalue weighted by Gasteiger charge is -2.25. The predicted molar refractivity (Wildman–Crippen MR) is 102 cm³/mol. The smallest absolute Gasteiger partial charge is 0.408 e. The third kappa shape index (κ3) is 7.86. The van der Waals surface area contributed by atoms with Gasteiger partial charge in [0.25, 0.3) is 0 Å². The van der Waals surface area contributed by atoms with Crippen LogP contribution in [0.3, 0.4) is 0 Å². The van der Waals surface area contributed by atoms with E-state index in [2.05, 4.69) is 10.6 Å². The lowest BCUT2D eigenvalue weighted by atomic mass is 10.00. The second-order valence-corrected chi connectivity index (χ2v) is 7.15. The molecule has 0 aromatic heterocycles. The van der Waals surface area contributed by atoms with Crippen LogP contribution >= 0.6 is 11.6 Å². The maximum absolute atomic E-state index is 12.8. The number of methoxy groups -OCH3 is 1. The first-order chi connectivity index (χ1) is 12.6. The molecule has 1 aromatic rings. The topological polar surface area (TPSA) is 93.7 Å². The van der Waals surface area contributed by atoms with Gasteiger partial charge >= 0.3 is 12.1 Å². The number of carbonyl (C=O) groups excluding carboxylic acids is 3. The summed E-state index contributed by atoms with van der Waals surface area (Å²) in [4.78, 5) is 36.4. The number of benzene rings is 1. The summed E-state index contributed by atoms with van der Waals surface area (Å²) < 4.78 is 9.76. The van der Waals surface area contributed by atoms with Gasteiger partial charge in [-0.2, -0.15) is 0 Å². The lowest BCUT2D eigenvalue weighted by molar-refractivity contribution is -0.141. The number of esters is 1. The van der Waals surface area contributed by atoms with Crippen LogP contribution in [0.15, 0.2) is 24.3 Å². The maximum atomic E-state index is 12.8. The first kappa shape index (κ1) is 22.8. The fraction of sp³-hybridized carbons (Fsp3) is 0.526. The van der Waals surface area contributed by atoms with Gasteiger partial charge in [0, 0.05) is 5.02 Å². The Labute approximate surface area is 164 Å². The molecule has 0 aliphatic heterocycles. The van der Waals surface area contributed by atoms with E-state index in [1.807, 2.05) is 0 Å². The number of halogens is 1. The van der Waals surface area contributed by atoms with Crippen LogP contribution in [0, 0.1) is 5.92 Å². The summed E-state index contributed by atoms with van der Waals surface area (Å²) in [7, 11) is 1.28. The summed E-state index contributed by atoms with van der Waals surface area (Å²) in [6.45, 7) is 7.04. The van der Waals surface area contributed by atoms with E-state index >= 15 is 0 Å². The zero-order chi connectivity index (χ0) is 20.6. The van der Waals surface area contributed by atoms with Crippen molar-refractivity contribution in [3.63, 3.8) is 0 Å². The molecule has 27 heavy (non-hydrogen) atoms. The van der Waals surface area contributed by atoms with Gasteiger partial charge in [-0.25, -0.2) is 4.79 Å². The summed E-state index contributed by atoms with van der Waals surface area (Å²) in [5.41, 5.74) is 0.699. The van der Waals surface area contributed by atoms with E-state index in [1.54, 1.807) is 52.0 Å². The lowest BCUT2D eigenvalue weighted by Crippen LogP contribution is -2.51. The van der Waals surface area contributed by atoms with Gasteiger partial charge in [-0.15, -0.1) is 0 Å². The van der Waals surface area contributed by atoms with Gasteiger partial charge in [0.1, 0.15) is 6.04 Å². The highest BCUT2D eigenvalue weighted by molar-refractivity contribution is 6.30. The maximum Gasteiger partial charge on any atom is 0.408 e. The van der Waals surface area contributed by atoms with Crippen molar-refractivity contribution in [3.8, 4) is 0 Å². The number of alkyl carbamates (subject to hydrolysis) is 1. The van der Waals surface area contributed by atoms with E-state index in [1.165, 1.54) is 7.11 Å². The molecule has 0 saturated carbocycles. The highest BCUT2D eigenvalue weighted by Gasteiger charge is 2.28. The Hall–Kier alpha value is -2.28. The van der Waals surface area contributed by atoms with Crippen molar-refractivity contribution in [2.75, 3.05) is 7.11 Å². The fourth-order valence-corrected chi connectivity index (χ4v) is 2.49. The van der Waals surface area contributed by atoms with E-state index in [0.29, 0.717) is 10.6 Å². The molecule has 1 rings (SSSR count).